The van der Waals surface area contributed by atoms with Crippen LogP contribution in [-0.4, -0.2) is 11.2 Å². The molecule has 1 N–H and O–H groups in total. The van der Waals surface area contributed by atoms with E-state index in [-0.39, 0.29) is 29.6 Å². The van der Waals surface area contributed by atoms with Gasteiger partial charge in [-0.15, -0.1) is 22.8 Å². The number of aryl methyl sites for hydroxylation is 1. The van der Waals surface area contributed by atoms with Crippen LogP contribution < -0.4 is 34.9 Å². The summed E-state index contributed by atoms with van der Waals surface area (Å²) in [7, 11) is -2.15. The molecule has 21 heavy (non-hydrogen) atoms. The van der Waals surface area contributed by atoms with Gasteiger partial charge in [0.25, 0.3) is 0 Å². The predicted molar refractivity (Wildman–Crippen MR) is 81.3 cm³/mol. The second-order valence-corrected chi connectivity index (χ2v) is 5.45. The predicted octanol–water partition coefficient (Wildman–Crippen LogP) is 0.120. The zero-order chi connectivity index (χ0) is 15.1. The zero-order valence-electron chi connectivity index (χ0n) is 12.8. The molecule has 0 saturated carbocycles. The van der Waals surface area contributed by atoms with E-state index in [1.54, 1.807) is 24.3 Å². The maximum Gasteiger partial charge on any atom is 1.00 e. The Kier molecular flexibility index (Phi) is 9.60. The van der Waals surface area contributed by atoms with E-state index in [2.05, 4.69) is 0 Å². The van der Waals surface area contributed by atoms with Crippen molar-refractivity contribution in [2.45, 2.75) is 20.8 Å². The maximum atomic E-state index is 10.4. The molecule has 104 valence electrons. The fraction of sp³-hybridized carbons (Fsp3) is 0.188. The van der Waals surface area contributed by atoms with Gasteiger partial charge in [-0.25, -0.2) is 0 Å². The summed E-state index contributed by atoms with van der Waals surface area (Å²) in [6, 6.07) is 12.3. The van der Waals surface area contributed by atoms with Crippen molar-refractivity contribution in [2.75, 3.05) is 0 Å². The Morgan fingerprint density at radius 3 is 1.95 bits per heavy atom. The Labute approximate surface area is 148 Å². The third-order valence-corrected chi connectivity index (χ3v) is 3.88. The van der Waals surface area contributed by atoms with Crippen molar-refractivity contribution < 1.29 is 43.8 Å². The topological polar surface area (TPSA) is 54.4 Å². The minimum atomic E-state index is -2.15. The van der Waals surface area contributed by atoms with Gasteiger partial charge >= 0.3 is 37.6 Å². The van der Waals surface area contributed by atoms with Crippen LogP contribution in [0.4, 0.5) is 0 Å². The third-order valence-electron chi connectivity index (χ3n) is 3.15. The first kappa shape index (κ1) is 20.2. The van der Waals surface area contributed by atoms with Crippen LogP contribution in [0.2, 0.25) is 0 Å². The quantitative estimate of drug-likeness (QED) is 0.487. The molecular formula is C16H17NaO3P+. The van der Waals surface area contributed by atoms with E-state index in [4.69, 9.17) is 4.89 Å². The van der Waals surface area contributed by atoms with Gasteiger partial charge in [0.1, 0.15) is 0 Å². The number of carbonyl (C=O) groups excluding carboxylic acids is 1. The van der Waals surface area contributed by atoms with Gasteiger partial charge in [0.2, 0.25) is 5.30 Å². The summed E-state index contributed by atoms with van der Waals surface area (Å²) in [4.78, 5) is 18.9. The standard InChI is InChI=1S/C10H11O.C6H5O2P.Na/c1-7-4-5-10(6-11)9(3)8(7)2;7-9(8)6-4-2-1-3-5-6;/h4-5H,1-3H3;1-5H;/q-1;;+1/p+1. The molecule has 0 amide bonds. The second kappa shape index (κ2) is 9.99. The van der Waals surface area contributed by atoms with Gasteiger partial charge in [-0.3, -0.25) is 0 Å². The third kappa shape index (κ3) is 6.21. The van der Waals surface area contributed by atoms with E-state index >= 15 is 0 Å². The summed E-state index contributed by atoms with van der Waals surface area (Å²) in [5.41, 5.74) is 4.13. The van der Waals surface area contributed by atoms with E-state index in [1.165, 1.54) is 11.1 Å². The smallest absolute Gasteiger partial charge is 0.376 e. The molecule has 0 radical (unpaired) electrons. The van der Waals surface area contributed by atoms with Crippen molar-refractivity contribution in [3.63, 3.8) is 0 Å². The monoisotopic (exact) mass is 311 g/mol. The van der Waals surface area contributed by atoms with Crippen LogP contribution >= 0.6 is 8.03 Å². The fourth-order valence-electron chi connectivity index (χ4n) is 1.62. The summed E-state index contributed by atoms with van der Waals surface area (Å²) in [6.07, 6.45) is 1.91. The normalized spacial score (nSPS) is 9.81. The maximum absolute atomic E-state index is 10.4. The molecule has 1 unspecified atom stereocenters. The van der Waals surface area contributed by atoms with Crippen molar-refractivity contribution in [3.8, 4) is 0 Å². The Hall–Kier alpha value is -0.830. The van der Waals surface area contributed by atoms with Crippen LogP contribution in [0, 0.1) is 20.8 Å². The molecule has 2 aromatic carbocycles. The first-order chi connectivity index (χ1) is 9.47. The molecule has 5 heteroatoms. The minimum Gasteiger partial charge on any atom is -0.376 e. The van der Waals surface area contributed by atoms with Crippen LogP contribution in [-0.2, 0) is 9.36 Å². The van der Waals surface area contributed by atoms with Gasteiger partial charge in [-0.2, -0.15) is 11.0 Å². The van der Waals surface area contributed by atoms with Crippen LogP contribution in [0.25, 0.3) is 0 Å². The molecule has 0 saturated heterocycles. The summed E-state index contributed by atoms with van der Waals surface area (Å²) in [5.74, 6) is 0. The van der Waals surface area contributed by atoms with Crippen molar-refractivity contribution in [2.24, 2.45) is 0 Å². The summed E-state index contributed by atoms with van der Waals surface area (Å²) >= 11 is 0. The Morgan fingerprint density at radius 2 is 1.52 bits per heavy atom. The Balaban J connectivity index is 0.000000370. The fourth-order valence-corrected chi connectivity index (χ4v) is 2.05. The van der Waals surface area contributed by atoms with Gasteiger partial charge in [0, 0.05) is 0 Å². The minimum absolute atomic E-state index is 0. The van der Waals surface area contributed by atoms with Gasteiger partial charge in [0.15, 0.2) is 0 Å². The average Bonchev–Trinajstić information content (AvgIpc) is 2.47. The van der Waals surface area contributed by atoms with Crippen LogP contribution in [0.3, 0.4) is 0 Å². The van der Waals surface area contributed by atoms with E-state index in [0.29, 0.717) is 10.9 Å². The molecule has 0 fully saturated rings. The molecule has 1 atom stereocenters. The largest absolute Gasteiger partial charge is 1.00 e. The van der Waals surface area contributed by atoms with Crippen LogP contribution in [0.1, 0.15) is 22.3 Å². The van der Waals surface area contributed by atoms with Crippen molar-refractivity contribution in [3.05, 3.63) is 64.7 Å². The molecule has 0 spiro atoms. The summed E-state index contributed by atoms with van der Waals surface area (Å²) in [5, 5.41) is 0.479. The zero-order valence-corrected chi connectivity index (χ0v) is 15.6. The molecule has 0 heterocycles. The summed E-state index contributed by atoms with van der Waals surface area (Å²) < 4.78 is 10.3. The molecule has 2 aromatic rings. The Bertz CT molecular complexity index is 612. The molecule has 0 aliphatic rings. The first-order valence-electron chi connectivity index (χ1n) is 6.13. The number of hydrogen-bond donors (Lipinski definition) is 1. The molecule has 0 bridgehead atoms. The molecule has 0 aliphatic heterocycles. The first-order valence-corrected chi connectivity index (χ1v) is 7.34. The van der Waals surface area contributed by atoms with Gasteiger partial charge < -0.3 is 4.79 Å². The molecule has 0 aliphatic carbocycles. The second-order valence-electron chi connectivity index (χ2n) is 4.39. The van der Waals surface area contributed by atoms with Gasteiger partial charge in [-0.05, 0) is 23.6 Å². The van der Waals surface area contributed by atoms with E-state index in [9.17, 15) is 9.36 Å². The molecule has 0 aromatic heterocycles. The van der Waals surface area contributed by atoms with Crippen molar-refractivity contribution in [1.82, 2.24) is 0 Å². The number of benzene rings is 2. The number of rotatable bonds is 2. The Morgan fingerprint density at radius 1 is 0.952 bits per heavy atom. The molecular weight excluding hydrogens is 294 g/mol. The van der Waals surface area contributed by atoms with Gasteiger partial charge in [-0.1, -0.05) is 37.6 Å². The average molecular weight is 311 g/mol. The van der Waals surface area contributed by atoms with Crippen LogP contribution in [0.5, 0.6) is 0 Å². The van der Waals surface area contributed by atoms with Crippen molar-refractivity contribution in [1.29, 1.82) is 0 Å². The molecule has 3 nitrogen and oxygen atoms in total. The SMILES string of the molecule is Cc1ccc([C-]=O)c(C)c1C.O=[P+](O)c1ccccc1.[Na+]. The van der Waals surface area contributed by atoms with Crippen molar-refractivity contribution >= 4 is 19.6 Å². The van der Waals surface area contributed by atoms with Crippen LogP contribution in [0.15, 0.2) is 42.5 Å². The van der Waals surface area contributed by atoms with E-state index in [1.807, 2.05) is 45.3 Å². The van der Waals surface area contributed by atoms with E-state index < -0.39 is 8.03 Å². The summed E-state index contributed by atoms with van der Waals surface area (Å²) in [6.45, 7) is 6.00. The van der Waals surface area contributed by atoms with Gasteiger partial charge in [0.05, 0.1) is 6.29 Å². The molecule has 2 rings (SSSR count). The van der Waals surface area contributed by atoms with E-state index in [0.717, 1.165) is 5.56 Å². The number of hydrogen-bond acceptors (Lipinski definition) is 2.